The van der Waals surface area contributed by atoms with Crippen LogP contribution in [-0.4, -0.2) is 33.2 Å². The van der Waals surface area contributed by atoms with Crippen molar-refractivity contribution < 1.29 is 4.79 Å². The first-order chi connectivity index (χ1) is 9.69. The van der Waals surface area contributed by atoms with Gasteiger partial charge in [0.25, 0.3) is 0 Å². The number of amides is 1. The molecule has 0 aromatic carbocycles. The monoisotopic (exact) mass is 290 g/mol. The molecule has 5 nitrogen and oxygen atoms in total. The van der Waals surface area contributed by atoms with Crippen molar-refractivity contribution in [3.05, 3.63) is 18.0 Å². The van der Waals surface area contributed by atoms with E-state index in [1.807, 2.05) is 18.1 Å². The maximum atomic E-state index is 12.8. The molecule has 2 aliphatic rings. The Morgan fingerprint density at radius 3 is 2.76 bits per heavy atom. The van der Waals surface area contributed by atoms with Crippen LogP contribution in [0.25, 0.3) is 0 Å². The van der Waals surface area contributed by atoms with Crippen LogP contribution in [0.2, 0.25) is 0 Å². The molecule has 3 rings (SSSR count). The van der Waals surface area contributed by atoms with Gasteiger partial charge in [0.15, 0.2) is 0 Å². The summed E-state index contributed by atoms with van der Waals surface area (Å²) >= 11 is 0. The van der Waals surface area contributed by atoms with Crippen LogP contribution in [0.4, 0.5) is 0 Å². The molecule has 2 heterocycles. The van der Waals surface area contributed by atoms with Gasteiger partial charge in [-0.25, -0.2) is 0 Å². The minimum Gasteiger partial charge on any atom is -0.337 e. The number of nitrogens with two attached hydrogens (primary N) is 1. The van der Waals surface area contributed by atoms with E-state index in [1.165, 1.54) is 6.42 Å². The van der Waals surface area contributed by atoms with Crippen molar-refractivity contribution in [1.29, 1.82) is 0 Å². The summed E-state index contributed by atoms with van der Waals surface area (Å²) in [6, 6.07) is -0.251. The Labute approximate surface area is 126 Å². The van der Waals surface area contributed by atoms with E-state index >= 15 is 0 Å². The van der Waals surface area contributed by atoms with Crippen molar-refractivity contribution >= 4 is 5.91 Å². The summed E-state index contributed by atoms with van der Waals surface area (Å²) in [5.74, 6) is 0.0504. The quantitative estimate of drug-likeness (QED) is 0.904. The molecule has 3 atom stereocenters. The third kappa shape index (κ3) is 2.59. The number of fused-ring (bicyclic) bond motifs is 2. The van der Waals surface area contributed by atoms with Crippen molar-refractivity contribution in [2.24, 2.45) is 23.6 Å². The van der Waals surface area contributed by atoms with Gasteiger partial charge in [-0.2, -0.15) is 5.10 Å². The van der Waals surface area contributed by atoms with Gasteiger partial charge in [0.1, 0.15) is 6.04 Å². The summed E-state index contributed by atoms with van der Waals surface area (Å²) in [5.41, 5.74) is 7.54. The van der Waals surface area contributed by atoms with Crippen molar-refractivity contribution in [3.8, 4) is 0 Å². The SMILES string of the molecule is Cn1cc(C(N)C(=O)N2CC3(C)CC2CC(C)(C)C3)cn1. The average molecular weight is 290 g/mol. The van der Waals surface area contributed by atoms with E-state index in [0.717, 1.165) is 24.9 Å². The van der Waals surface area contributed by atoms with Crippen LogP contribution in [0.3, 0.4) is 0 Å². The highest BCUT2D eigenvalue weighted by Gasteiger charge is 2.51. The van der Waals surface area contributed by atoms with Crippen molar-refractivity contribution in [1.82, 2.24) is 14.7 Å². The molecule has 1 saturated heterocycles. The first-order valence-electron chi connectivity index (χ1n) is 7.74. The van der Waals surface area contributed by atoms with E-state index < -0.39 is 6.04 Å². The second kappa shape index (κ2) is 4.57. The van der Waals surface area contributed by atoms with Crippen molar-refractivity contribution in [2.75, 3.05) is 6.54 Å². The zero-order chi connectivity index (χ0) is 15.4. The number of likely N-dealkylation sites (tertiary alicyclic amines) is 1. The Morgan fingerprint density at radius 1 is 1.43 bits per heavy atom. The van der Waals surface area contributed by atoms with Crippen LogP contribution < -0.4 is 5.73 Å². The number of carbonyl (C=O) groups is 1. The second-order valence-corrected chi connectivity index (χ2v) is 8.10. The molecule has 1 amide bonds. The largest absolute Gasteiger partial charge is 0.337 e. The Kier molecular flexibility index (Phi) is 3.17. The number of aryl methyl sites for hydroxylation is 1. The minimum atomic E-state index is -0.593. The Morgan fingerprint density at radius 2 is 2.14 bits per heavy atom. The van der Waals surface area contributed by atoms with E-state index in [0.29, 0.717) is 11.5 Å². The normalized spacial score (nSPS) is 32.2. The van der Waals surface area contributed by atoms with Gasteiger partial charge in [0.2, 0.25) is 5.91 Å². The van der Waals surface area contributed by atoms with E-state index in [-0.39, 0.29) is 11.3 Å². The molecule has 1 aromatic heterocycles. The summed E-state index contributed by atoms with van der Waals surface area (Å²) in [4.78, 5) is 14.8. The van der Waals surface area contributed by atoms with Gasteiger partial charge >= 0.3 is 0 Å². The lowest BCUT2D eigenvalue weighted by Gasteiger charge is -2.39. The van der Waals surface area contributed by atoms with Crippen LogP contribution >= 0.6 is 0 Å². The molecular formula is C16H26N4O. The first-order valence-corrected chi connectivity index (χ1v) is 7.74. The lowest BCUT2D eigenvalue weighted by Crippen LogP contribution is -2.42. The predicted molar refractivity (Wildman–Crippen MR) is 81.4 cm³/mol. The topological polar surface area (TPSA) is 64.2 Å². The molecule has 3 unspecified atom stereocenters. The van der Waals surface area contributed by atoms with Crippen LogP contribution in [0.15, 0.2) is 12.4 Å². The minimum absolute atomic E-state index is 0.0504. The standard InChI is InChI=1S/C16H26N4O/c1-15(2)5-12-6-16(3,9-15)10-20(12)14(21)13(17)11-7-18-19(4)8-11/h7-8,12-13H,5-6,9-10,17H2,1-4H3. The van der Waals surface area contributed by atoms with Gasteiger partial charge in [0, 0.05) is 31.4 Å². The summed E-state index contributed by atoms with van der Waals surface area (Å²) in [5, 5.41) is 4.12. The zero-order valence-corrected chi connectivity index (χ0v) is 13.5. The molecule has 1 aliphatic heterocycles. The zero-order valence-electron chi connectivity index (χ0n) is 13.5. The highest BCUT2D eigenvalue weighted by Crippen LogP contribution is 2.52. The van der Waals surface area contributed by atoms with Crippen molar-refractivity contribution in [3.63, 3.8) is 0 Å². The third-order valence-electron chi connectivity index (χ3n) is 5.05. The fraction of sp³-hybridized carbons (Fsp3) is 0.750. The van der Waals surface area contributed by atoms with Gasteiger partial charge in [-0.1, -0.05) is 20.8 Å². The third-order valence-corrected chi connectivity index (χ3v) is 5.05. The molecular weight excluding hydrogens is 264 g/mol. The number of hydrogen-bond donors (Lipinski definition) is 1. The van der Waals surface area contributed by atoms with Gasteiger partial charge in [-0.3, -0.25) is 9.48 Å². The lowest BCUT2D eigenvalue weighted by molar-refractivity contribution is -0.133. The van der Waals surface area contributed by atoms with E-state index in [2.05, 4.69) is 25.9 Å². The molecule has 21 heavy (non-hydrogen) atoms. The van der Waals surface area contributed by atoms with E-state index in [1.54, 1.807) is 10.9 Å². The highest BCUT2D eigenvalue weighted by atomic mass is 16.2. The molecule has 1 aromatic rings. The van der Waals surface area contributed by atoms with Gasteiger partial charge in [-0.15, -0.1) is 0 Å². The van der Waals surface area contributed by atoms with Crippen molar-refractivity contribution in [2.45, 2.75) is 52.1 Å². The first kappa shape index (κ1) is 14.6. The summed E-state index contributed by atoms with van der Waals surface area (Å²) in [7, 11) is 1.84. The fourth-order valence-electron chi connectivity index (χ4n) is 4.64. The van der Waals surface area contributed by atoms with Crippen LogP contribution in [-0.2, 0) is 11.8 Å². The summed E-state index contributed by atoms with van der Waals surface area (Å²) in [6.07, 6.45) is 6.89. The second-order valence-electron chi connectivity index (χ2n) is 8.10. The molecule has 1 aliphatic carbocycles. The lowest BCUT2D eigenvalue weighted by atomic mass is 9.65. The summed E-state index contributed by atoms with van der Waals surface area (Å²) < 4.78 is 1.69. The van der Waals surface area contributed by atoms with E-state index in [9.17, 15) is 4.79 Å². The molecule has 0 spiro atoms. The Hall–Kier alpha value is -1.36. The molecule has 2 fully saturated rings. The average Bonchev–Trinajstić information content (AvgIpc) is 2.88. The van der Waals surface area contributed by atoms with E-state index in [4.69, 9.17) is 5.73 Å². The maximum Gasteiger partial charge on any atom is 0.244 e. The molecule has 5 heteroatoms. The fourth-order valence-corrected chi connectivity index (χ4v) is 4.64. The van der Waals surface area contributed by atoms with Gasteiger partial charge in [-0.05, 0) is 30.1 Å². The predicted octanol–water partition coefficient (Wildman–Crippen LogP) is 1.85. The Bertz CT molecular complexity index is 564. The Balaban J connectivity index is 1.80. The van der Waals surface area contributed by atoms with Crippen LogP contribution in [0, 0.1) is 10.8 Å². The molecule has 116 valence electrons. The van der Waals surface area contributed by atoms with Crippen LogP contribution in [0.5, 0.6) is 0 Å². The number of rotatable bonds is 2. The maximum absolute atomic E-state index is 12.8. The molecule has 0 radical (unpaired) electrons. The summed E-state index contributed by atoms with van der Waals surface area (Å²) in [6.45, 7) is 7.77. The number of carbonyl (C=O) groups excluding carboxylic acids is 1. The molecule has 1 saturated carbocycles. The number of hydrogen-bond acceptors (Lipinski definition) is 3. The number of aromatic nitrogens is 2. The van der Waals surface area contributed by atoms with Gasteiger partial charge in [0.05, 0.1) is 6.20 Å². The number of nitrogens with zero attached hydrogens (tertiary/aromatic N) is 3. The molecule has 2 N–H and O–H groups in total. The van der Waals surface area contributed by atoms with Crippen LogP contribution in [0.1, 0.15) is 51.6 Å². The smallest absolute Gasteiger partial charge is 0.244 e. The highest BCUT2D eigenvalue weighted by molar-refractivity contribution is 5.83. The molecule has 2 bridgehead atoms. The van der Waals surface area contributed by atoms with Gasteiger partial charge < -0.3 is 10.6 Å².